The number of benzene rings is 2. The molecule has 0 saturated heterocycles. The molecule has 2 aromatic carbocycles. The summed E-state index contributed by atoms with van der Waals surface area (Å²) in [6.45, 7) is 1.66. The molecule has 0 aromatic heterocycles. The molecule has 4 N–H and O–H groups in total. The van der Waals surface area contributed by atoms with Crippen molar-refractivity contribution < 1.29 is 23.4 Å². The zero-order valence-corrected chi connectivity index (χ0v) is 16.8. The number of sulfonamides is 1. The highest BCUT2D eigenvalue weighted by Gasteiger charge is 2.19. The van der Waals surface area contributed by atoms with Crippen LogP contribution in [0.3, 0.4) is 0 Å². The first kappa shape index (κ1) is 21.8. The highest BCUT2D eigenvalue weighted by molar-refractivity contribution is 7.89. The van der Waals surface area contributed by atoms with Crippen LogP contribution in [0.1, 0.15) is 18.6 Å². The minimum atomic E-state index is -3.59. The van der Waals surface area contributed by atoms with Gasteiger partial charge < -0.3 is 20.8 Å². The lowest BCUT2D eigenvalue weighted by Gasteiger charge is -2.20. The molecule has 0 aliphatic carbocycles. The van der Waals surface area contributed by atoms with E-state index >= 15 is 0 Å². The maximum atomic E-state index is 12.2. The van der Waals surface area contributed by atoms with E-state index in [1.807, 2.05) is 0 Å². The predicted octanol–water partition coefficient (Wildman–Crippen LogP) is 1.29. The fourth-order valence-corrected chi connectivity index (χ4v) is 3.42. The zero-order valence-electron chi connectivity index (χ0n) is 16.0. The summed E-state index contributed by atoms with van der Waals surface area (Å²) in [4.78, 5) is 12.3. The number of anilines is 1. The van der Waals surface area contributed by atoms with E-state index in [4.69, 9.17) is 0 Å². The second kappa shape index (κ2) is 9.16. The van der Waals surface area contributed by atoms with Gasteiger partial charge in [0.2, 0.25) is 15.9 Å². The molecule has 0 aliphatic heterocycles. The molecule has 28 heavy (non-hydrogen) atoms. The van der Waals surface area contributed by atoms with Gasteiger partial charge in [-0.2, -0.15) is 0 Å². The third kappa shape index (κ3) is 5.52. The Morgan fingerprint density at radius 1 is 1.14 bits per heavy atom. The number of rotatable bonds is 8. The van der Waals surface area contributed by atoms with Gasteiger partial charge >= 0.3 is 0 Å². The van der Waals surface area contributed by atoms with E-state index in [-0.39, 0.29) is 23.1 Å². The van der Waals surface area contributed by atoms with E-state index in [1.54, 1.807) is 31.2 Å². The van der Waals surface area contributed by atoms with Crippen molar-refractivity contribution in [3.63, 3.8) is 0 Å². The molecule has 152 valence electrons. The Hall–Kier alpha value is -2.46. The Morgan fingerprint density at radius 2 is 1.79 bits per heavy atom. The SMILES string of the molecule is CC(NCC(=O)Nc1cccc(S(=O)(=O)N(C)C)c1)C(O)c1ccc(O)cc1. The third-order valence-electron chi connectivity index (χ3n) is 4.19. The first-order valence-corrected chi connectivity index (χ1v) is 10.1. The van der Waals surface area contributed by atoms with E-state index in [1.165, 1.54) is 38.4 Å². The molecular formula is C19H25N3O5S. The van der Waals surface area contributed by atoms with Gasteiger partial charge in [0.05, 0.1) is 17.5 Å². The van der Waals surface area contributed by atoms with E-state index < -0.39 is 22.2 Å². The predicted molar refractivity (Wildman–Crippen MR) is 106 cm³/mol. The Kier molecular flexibility index (Phi) is 7.14. The van der Waals surface area contributed by atoms with Crippen LogP contribution in [0.2, 0.25) is 0 Å². The van der Waals surface area contributed by atoms with Crippen molar-refractivity contribution in [2.75, 3.05) is 26.0 Å². The number of amides is 1. The average molecular weight is 407 g/mol. The van der Waals surface area contributed by atoms with Crippen LogP contribution in [-0.2, 0) is 14.8 Å². The van der Waals surface area contributed by atoms with Gasteiger partial charge in [0.25, 0.3) is 0 Å². The summed E-state index contributed by atoms with van der Waals surface area (Å²) in [7, 11) is -0.719. The number of hydrogen-bond donors (Lipinski definition) is 4. The molecule has 2 atom stereocenters. The minimum Gasteiger partial charge on any atom is -0.508 e. The van der Waals surface area contributed by atoms with E-state index in [0.29, 0.717) is 11.3 Å². The number of aliphatic hydroxyl groups excluding tert-OH is 1. The summed E-state index contributed by atoms with van der Waals surface area (Å²) < 4.78 is 25.4. The van der Waals surface area contributed by atoms with Gasteiger partial charge in [-0.15, -0.1) is 0 Å². The van der Waals surface area contributed by atoms with Crippen molar-refractivity contribution in [3.05, 3.63) is 54.1 Å². The molecule has 0 spiro atoms. The fraction of sp³-hybridized carbons (Fsp3) is 0.316. The number of phenolic OH excluding ortho intramolecular Hbond substituents is 1. The molecular weight excluding hydrogens is 382 g/mol. The number of hydrogen-bond acceptors (Lipinski definition) is 6. The van der Waals surface area contributed by atoms with Crippen LogP contribution >= 0.6 is 0 Å². The molecule has 0 aliphatic rings. The van der Waals surface area contributed by atoms with Crippen LogP contribution in [0.5, 0.6) is 5.75 Å². The van der Waals surface area contributed by atoms with Crippen LogP contribution in [0.15, 0.2) is 53.4 Å². The standard InChI is InChI=1S/C19H25N3O5S/c1-13(19(25)14-7-9-16(23)10-8-14)20-12-18(24)21-15-5-4-6-17(11-15)28(26,27)22(2)3/h4-11,13,19-20,23,25H,12H2,1-3H3,(H,21,24). The lowest BCUT2D eigenvalue weighted by molar-refractivity contribution is -0.115. The second-order valence-corrected chi connectivity index (χ2v) is 8.72. The van der Waals surface area contributed by atoms with Crippen LogP contribution in [0, 0.1) is 0 Å². The van der Waals surface area contributed by atoms with Crippen LogP contribution in [0.25, 0.3) is 0 Å². The van der Waals surface area contributed by atoms with E-state index in [9.17, 15) is 23.4 Å². The maximum Gasteiger partial charge on any atom is 0.242 e. The fourth-order valence-electron chi connectivity index (χ4n) is 2.48. The highest BCUT2D eigenvalue weighted by Crippen LogP contribution is 2.20. The molecule has 0 saturated carbocycles. The third-order valence-corrected chi connectivity index (χ3v) is 6.00. The highest BCUT2D eigenvalue weighted by atomic mass is 32.2. The van der Waals surface area contributed by atoms with Crippen LogP contribution in [0.4, 0.5) is 5.69 Å². The maximum absolute atomic E-state index is 12.2. The van der Waals surface area contributed by atoms with Crippen molar-refractivity contribution >= 4 is 21.6 Å². The summed E-state index contributed by atoms with van der Waals surface area (Å²) in [5, 5.41) is 25.2. The zero-order chi connectivity index (χ0) is 20.9. The van der Waals surface area contributed by atoms with E-state index in [2.05, 4.69) is 10.6 Å². The van der Waals surface area contributed by atoms with Crippen LogP contribution in [-0.4, -0.2) is 55.5 Å². The summed E-state index contributed by atoms with van der Waals surface area (Å²) >= 11 is 0. The molecule has 9 heteroatoms. The number of carbonyl (C=O) groups is 1. The Labute approximate surface area is 164 Å². The Bertz CT molecular complexity index is 913. The van der Waals surface area contributed by atoms with Gasteiger partial charge in [-0.25, -0.2) is 12.7 Å². The largest absolute Gasteiger partial charge is 0.508 e. The summed E-state index contributed by atoms with van der Waals surface area (Å²) in [6, 6.07) is 11.7. The summed E-state index contributed by atoms with van der Waals surface area (Å²) in [5.41, 5.74) is 0.973. The molecule has 0 bridgehead atoms. The topological polar surface area (TPSA) is 119 Å². The molecule has 2 rings (SSSR count). The number of aliphatic hydroxyl groups is 1. The quantitative estimate of drug-likeness (QED) is 0.524. The number of carbonyl (C=O) groups excluding carboxylic acids is 1. The molecule has 2 unspecified atom stereocenters. The van der Waals surface area contributed by atoms with Crippen molar-refractivity contribution in [3.8, 4) is 5.75 Å². The van der Waals surface area contributed by atoms with Gasteiger partial charge in [0.15, 0.2) is 0 Å². The number of aromatic hydroxyl groups is 1. The first-order valence-electron chi connectivity index (χ1n) is 8.64. The van der Waals surface area contributed by atoms with Gasteiger partial charge in [0.1, 0.15) is 5.75 Å². The monoisotopic (exact) mass is 407 g/mol. The van der Waals surface area contributed by atoms with Crippen molar-refractivity contribution in [1.82, 2.24) is 9.62 Å². The Balaban J connectivity index is 1.94. The number of phenols is 1. The van der Waals surface area contributed by atoms with Crippen molar-refractivity contribution in [2.45, 2.75) is 24.0 Å². The second-order valence-electron chi connectivity index (χ2n) is 6.57. The van der Waals surface area contributed by atoms with E-state index in [0.717, 1.165) is 4.31 Å². The Morgan fingerprint density at radius 3 is 2.39 bits per heavy atom. The van der Waals surface area contributed by atoms with Crippen molar-refractivity contribution in [2.24, 2.45) is 0 Å². The smallest absolute Gasteiger partial charge is 0.242 e. The molecule has 8 nitrogen and oxygen atoms in total. The lowest BCUT2D eigenvalue weighted by Crippen LogP contribution is -2.38. The molecule has 1 amide bonds. The normalized spacial score (nSPS) is 13.9. The summed E-state index contributed by atoms with van der Waals surface area (Å²) in [5.74, 6) is -0.265. The molecule has 0 radical (unpaired) electrons. The average Bonchev–Trinajstić information content (AvgIpc) is 2.66. The lowest BCUT2D eigenvalue weighted by atomic mass is 10.0. The number of nitrogens with one attached hydrogen (secondary N) is 2. The molecule has 0 heterocycles. The molecule has 0 fully saturated rings. The van der Waals surface area contributed by atoms with Gasteiger partial charge in [-0.05, 0) is 42.8 Å². The van der Waals surface area contributed by atoms with Crippen LogP contribution < -0.4 is 10.6 Å². The van der Waals surface area contributed by atoms with Gasteiger partial charge in [-0.3, -0.25) is 4.79 Å². The first-order chi connectivity index (χ1) is 13.1. The van der Waals surface area contributed by atoms with Crippen molar-refractivity contribution in [1.29, 1.82) is 0 Å². The number of nitrogens with zero attached hydrogens (tertiary/aromatic N) is 1. The minimum absolute atomic E-state index is 0.0685. The van der Waals surface area contributed by atoms with Gasteiger partial charge in [-0.1, -0.05) is 18.2 Å². The van der Waals surface area contributed by atoms with Gasteiger partial charge in [0, 0.05) is 25.8 Å². The summed E-state index contributed by atoms with van der Waals surface area (Å²) in [6.07, 6.45) is -0.859. The molecule has 2 aromatic rings.